The first-order valence-corrected chi connectivity index (χ1v) is 7.01. The van der Waals surface area contributed by atoms with E-state index in [0.717, 1.165) is 17.1 Å². The molecule has 2 aromatic rings. The third kappa shape index (κ3) is 2.86. The maximum Gasteiger partial charge on any atom is 0.271 e. The van der Waals surface area contributed by atoms with Gasteiger partial charge >= 0.3 is 0 Å². The maximum absolute atomic E-state index is 12.1. The molecule has 1 aromatic heterocycles. The lowest BCUT2D eigenvalue weighted by molar-refractivity contribution is 0.0940. The average molecular weight is 299 g/mol. The number of hydrogen-bond acceptors (Lipinski definition) is 5. The average Bonchev–Trinajstić information content (AvgIpc) is 3.01. The lowest BCUT2D eigenvalue weighted by Crippen LogP contribution is -2.37. The Bertz CT molecular complexity index is 686. The first kappa shape index (κ1) is 14.3. The maximum atomic E-state index is 12.1. The van der Waals surface area contributed by atoms with Crippen LogP contribution in [0.4, 0.5) is 0 Å². The summed E-state index contributed by atoms with van der Waals surface area (Å²) in [6, 6.07) is 5.84. The van der Waals surface area contributed by atoms with Gasteiger partial charge in [0.15, 0.2) is 11.5 Å². The predicted octanol–water partition coefficient (Wildman–Crippen LogP) is 1.91. The van der Waals surface area contributed by atoms with Crippen LogP contribution in [0.15, 0.2) is 36.8 Å². The SMILES string of the molecule is CC(C)(CNC(=O)c1cnccn1)c1ccc2c(c1)OCO2. The van der Waals surface area contributed by atoms with Gasteiger partial charge in [0.2, 0.25) is 6.79 Å². The van der Waals surface area contributed by atoms with Crippen molar-refractivity contribution in [3.63, 3.8) is 0 Å². The summed E-state index contributed by atoms with van der Waals surface area (Å²) in [7, 11) is 0. The van der Waals surface area contributed by atoms with E-state index in [2.05, 4.69) is 29.1 Å². The van der Waals surface area contributed by atoms with E-state index in [-0.39, 0.29) is 18.1 Å². The minimum Gasteiger partial charge on any atom is -0.454 e. The highest BCUT2D eigenvalue weighted by Crippen LogP contribution is 2.36. The second kappa shape index (κ2) is 5.63. The topological polar surface area (TPSA) is 73.3 Å². The molecule has 0 fully saturated rings. The minimum atomic E-state index is -0.251. The molecule has 1 aliphatic rings. The largest absolute Gasteiger partial charge is 0.454 e. The first-order chi connectivity index (χ1) is 10.6. The number of nitrogens with zero attached hydrogens (tertiary/aromatic N) is 2. The third-order valence-electron chi connectivity index (χ3n) is 3.64. The molecule has 1 aliphatic heterocycles. The zero-order valence-corrected chi connectivity index (χ0v) is 12.5. The predicted molar refractivity (Wildman–Crippen MR) is 80.0 cm³/mol. The van der Waals surface area contributed by atoms with Crippen LogP contribution in [-0.2, 0) is 5.41 Å². The number of ether oxygens (including phenoxy) is 2. The highest BCUT2D eigenvalue weighted by molar-refractivity contribution is 5.91. The van der Waals surface area contributed by atoms with Crippen LogP contribution >= 0.6 is 0 Å². The quantitative estimate of drug-likeness (QED) is 0.933. The van der Waals surface area contributed by atoms with Crippen LogP contribution < -0.4 is 14.8 Å². The van der Waals surface area contributed by atoms with Gasteiger partial charge in [-0.1, -0.05) is 19.9 Å². The zero-order chi connectivity index (χ0) is 15.6. The molecule has 0 saturated heterocycles. The Balaban J connectivity index is 1.69. The summed E-state index contributed by atoms with van der Waals surface area (Å²) in [5.41, 5.74) is 1.12. The molecule has 0 aliphatic carbocycles. The van der Waals surface area contributed by atoms with Crippen LogP contribution in [0.5, 0.6) is 11.5 Å². The monoisotopic (exact) mass is 299 g/mol. The van der Waals surface area contributed by atoms with Gasteiger partial charge in [0, 0.05) is 24.4 Å². The van der Waals surface area contributed by atoms with Gasteiger partial charge in [-0.15, -0.1) is 0 Å². The minimum absolute atomic E-state index is 0.234. The van der Waals surface area contributed by atoms with E-state index in [1.54, 1.807) is 0 Å². The van der Waals surface area contributed by atoms with Crippen molar-refractivity contribution < 1.29 is 14.3 Å². The molecule has 0 atom stereocenters. The van der Waals surface area contributed by atoms with Crippen LogP contribution in [0.25, 0.3) is 0 Å². The molecular weight excluding hydrogens is 282 g/mol. The molecule has 0 spiro atoms. The van der Waals surface area contributed by atoms with Gasteiger partial charge < -0.3 is 14.8 Å². The molecule has 0 bridgehead atoms. The molecule has 6 heteroatoms. The Morgan fingerprint density at radius 1 is 1.27 bits per heavy atom. The third-order valence-corrected chi connectivity index (χ3v) is 3.64. The van der Waals surface area contributed by atoms with Crippen molar-refractivity contribution in [3.05, 3.63) is 48.0 Å². The molecular formula is C16H17N3O3. The molecule has 1 aromatic carbocycles. The van der Waals surface area contributed by atoms with Gasteiger partial charge in [0.25, 0.3) is 5.91 Å². The lowest BCUT2D eigenvalue weighted by atomic mass is 9.84. The summed E-state index contributed by atoms with van der Waals surface area (Å²) in [5, 5.41) is 2.89. The van der Waals surface area contributed by atoms with E-state index in [1.807, 2.05) is 18.2 Å². The van der Waals surface area contributed by atoms with Crippen LogP contribution in [-0.4, -0.2) is 29.2 Å². The molecule has 0 saturated carbocycles. The highest BCUT2D eigenvalue weighted by Gasteiger charge is 2.25. The smallest absolute Gasteiger partial charge is 0.271 e. The summed E-state index contributed by atoms with van der Waals surface area (Å²) in [5.74, 6) is 1.26. The second-order valence-corrected chi connectivity index (χ2v) is 5.73. The number of carbonyl (C=O) groups excluding carboxylic acids is 1. The van der Waals surface area contributed by atoms with Crippen LogP contribution in [0.1, 0.15) is 29.9 Å². The standard InChI is InChI=1S/C16H17N3O3/c1-16(2,9-19-15(20)12-8-17-5-6-18-12)11-3-4-13-14(7-11)22-10-21-13/h3-8H,9-10H2,1-2H3,(H,19,20). The normalized spacial score (nSPS) is 13.0. The molecule has 1 amide bonds. The summed E-state index contributed by atoms with van der Waals surface area (Å²) in [6.07, 6.45) is 4.48. The number of aromatic nitrogens is 2. The highest BCUT2D eigenvalue weighted by atomic mass is 16.7. The van der Waals surface area contributed by atoms with E-state index >= 15 is 0 Å². The van der Waals surface area contributed by atoms with Crippen molar-refractivity contribution in [2.45, 2.75) is 19.3 Å². The van der Waals surface area contributed by atoms with Gasteiger partial charge in [-0.3, -0.25) is 9.78 Å². The second-order valence-electron chi connectivity index (χ2n) is 5.73. The van der Waals surface area contributed by atoms with Crippen molar-refractivity contribution in [2.75, 3.05) is 13.3 Å². The fourth-order valence-electron chi connectivity index (χ4n) is 2.23. The first-order valence-electron chi connectivity index (χ1n) is 7.01. The molecule has 2 heterocycles. The van der Waals surface area contributed by atoms with Crippen molar-refractivity contribution >= 4 is 5.91 Å². The summed E-state index contributed by atoms with van der Waals surface area (Å²) >= 11 is 0. The fourth-order valence-corrected chi connectivity index (χ4v) is 2.23. The number of carbonyl (C=O) groups is 1. The van der Waals surface area contributed by atoms with Crippen LogP contribution in [0, 0.1) is 0 Å². The Labute approximate surface area is 128 Å². The molecule has 6 nitrogen and oxygen atoms in total. The van der Waals surface area contributed by atoms with Crippen molar-refractivity contribution in [1.82, 2.24) is 15.3 Å². The van der Waals surface area contributed by atoms with Gasteiger partial charge in [-0.2, -0.15) is 0 Å². The van der Waals surface area contributed by atoms with E-state index in [9.17, 15) is 4.79 Å². The summed E-state index contributed by atoms with van der Waals surface area (Å²) in [4.78, 5) is 19.9. The number of hydrogen-bond donors (Lipinski definition) is 1. The molecule has 22 heavy (non-hydrogen) atoms. The zero-order valence-electron chi connectivity index (χ0n) is 12.5. The Hall–Kier alpha value is -2.63. The molecule has 0 radical (unpaired) electrons. The molecule has 114 valence electrons. The lowest BCUT2D eigenvalue weighted by Gasteiger charge is -2.25. The van der Waals surface area contributed by atoms with Crippen molar-refractivity contribution in [3.8, 4) is 11.5 Å². The van der Waals surface area contributed by atoms with Crippen LogP contribution in [0.3, 0.4) is 0 Å². The van der Waals surface area contributed by atoms with Crippen LogP contribution in [0.2, 0.25) is 0 Å². The summed E-state index contributed by atoms with van der Waals surface area (Å²) < 4.78 is 10.7. The van der Waals surface area contributed by atoms with E-state index in [4.69, 9.17) is 9.47 Å². The Morgan fingerprint density at radius 2 is 2.09 bits per heavy atom. The number of amides is 1. The molecule has 3 rings (SSSR count). The molecule has 1 N–H and O–H groups in total. The summed E-state index contributed by atoms with van der Waals surface area (Å²) in [6.45, 7) is 4.84. The van der Waals surface area contributed by atoms with E-state index in [1.165, 1.54) is 18.6 Å². The van der Waals surface area contributed by atoms with Gasteiger partial charge in [0.05, 0.1) is 6.20 Å². The number of rotatable bonds is 4. The van der Waals surface area contributed by atoms with E-state index in [0.29, 0.717) is 12.2 Å². The van der Waals surface area contributed by atoms with Crippen molar-refractivity contribution in [2.24, 2.45) is 0 Å². The number of nitrogens with one attached hydrogen (secondary N) is 1. The van der Waals surface area contributed by atoms with Crippen molar-refractivity contribution in [1.29, 1.82) is 0 Å². The number of fused-ring (bicyclic) bond motifs is 1. The Morgan fingerprint density at radius 3 is 2.86 bits per heavy atom. The number of benzene rings is 1. The van der Waals surface area contributed by atoms with Gasteiger partial charge in [0.1, 0.15) is 5.69 Å². The van der Waals surface area contributed by atoms with E-state index < -0.39 is 0 Å². The fraction of sp³-hybridized carbons (Fsp3) is 0.312. The van der Waals surface area contributed by atoms with Gasteiger partial charge in [-0.25, -0.2) is 4.98 Å². The van der Waals surface area contributed by atoms with Gasteiger partial charge in [-0.05, 0) is 17.7 Å². The Kier molecular flexibility index (Phi) is 3.66. The molecule has 0 unspecified atom stereocenters.